The lowest BCUT2D eigenvalue weighted by Gasteiger charge is -2.21. The first kappa shape index (κ1) is 14.6. The molecule has 0 fully saturated rings. The van der Waals surface area contributed by atoms with Gasteiger partial charge in [-0.25, -0.2) is 0 Å². The fourth-order valence-corrected chi connectivity index (χ4v) is 2.63. The standard InChI is InChI=1S/C18H24N2/c1-12-6-11-17(14(3)13(12)2)18(20-5)15-7-9-16(19-4)10-8-15/h6-11,18-20H,1-5H3. The molecule has 0 amide bonds. The minimum Gasteiger partial charge on any atom is -0.388 e. The average Bonchev–Trinajstić information content (AvgIpc) is 2.48. The number of nitrogens with one attached hydrogen (secondary N) is 2. The molecule has 0 saturated heterocycles. The second-order valence-electron chi connectivity index (χ2n) is 5.32. The molecule has 2 rings (SSSR count). The monoisotopic (exact) mass is 268 g/mol. The lowest BCUT2D eigenvalue weighted by Crippen LogP contribution is -2.19. The number of hydrogen-bond acceptors (Lipinski definition) is 2. The molecular formula is C18H24N2. The zero-order valence-electron chi connectivity index (χ0n) is 13.0. The Hall–Kier alpha value is -1.80. The third-order valence-electron chi connectivity index (χ3n) is 4.23. The summed E-state index contributed by atoms with van der Waals surface area (Å²) in [5.74, 6) is 0. The van der Waals surface area contributed by atoms with Crippen molar-refractivity contribution in [2.45, 2.75) is 26.8 Å². The van der Waals surface area contributed by atoms with Gasteiger partial charge in [-0.1, -0.05) is 24.3 Å². The lowest BCUT2D eigenvalue weighted by atomic mass is 9.91. The average molecular weight is 268 g/mol. The Balaban J connectivity index is 2.44. The molecular weight excluding hydrogens is 244 g/mol. The summed E-state index contributed by atoms with van der Waals surface area (Å²) in [7, 11) is 3.96. The third-order valence-corrected chi connectivity index (χ3v) is 4.23. The Bertz CT molecular complexity index is 585. The van der Waals surface area contributed by atoms with E-state index in [0.29, 0.717) is 0 Å². The molecule has 20 heavy (non-hydrogen) atoms. The van der Waals surface area contributed by atoms with Crippen LogP contribution < -0.4 is 10.6 Å². The predicted molar refractivity (Wildman–Crippen MR) is 87.5 cm³/mol. The summed E-state index contributed by atoms with van der Waals surface area (Å²) < 4.78 is 0. The molecule has 2 aromatic carbocycles. The fourth-order valence-electron chi connectivity index (χ4n) is 2.63. The van der Waals surface area contributed by atoms with Crippen molar-refractivity contribution in [3.05, 3.63) is 64.2 Å². The molecule has 0 aliphatic rings. The second-order valence-corrected chi connectivity index (χ2v) is 5.32. The van der Waals surface area contributed by atoms with Crippen LogP contribution >= 0.6 is 0 Å². The van der Waals surface area contributed by atoms with Crippen LogP contribution in [0.2, 0.25) is 0 Å². The van der Waals surface area contributed by atoms with Crippen molar-refractivity contribution in [1.82, 2.24) is 5.32 Å². The molecule has 0 aromatic heterocycles. The van der Waals surface area contributed by atoms with Gasteiger partial charge in [0, 0.05) is 12.7 Å². The summed E-state index contributed by atoms with van der Waals surface area (Å²) in [5, 5.41) is 6.60. The number of benzene rings is 2. The number of aryl methyl sites for hydroxylation is 1. The van der Waals surface area contributed by atoms with Crippen LogP contribution in [0, 0.1) is 20.8 Å². The first-order chi connectivity index (χ1) is 9.58. The Morgan fingerprint density at radius 3 is 2.00 bits per heavy atom. The van der Waals surface area contributed by atoms with Gasteiger partial charge in [-0.15, -0.1) is 0 Å². The largest absolute Gasteiger partial charge is 0.388 e. The topological polar surface area (TPSA) is 24.1 Å². The van der Waals surface area contributed by atoms with Gasteiger partial charge >= 0.3 is 0 Å². The molecule has 2 heteroatoms. The summed E-state index contributed by atoms with van der Waals surface area (Å²) in [6.07, 6.45) is 0. The van der Waals surface area contributed by atoms with E-state index in [9.17, 15) is 0 Å². The van der Waals surface area contributed by atoms with E-state index in [-0.39, 0.29) is 6.04 Å². The molecule has 2 N–H and O–H groups in total. The van der Waals surface area contributed by atoms with Gasteiger partial charge in [0.2, 0.25) is 0 Å². The molecule has 2 nitrogen and oxygen atoms in total. The van der Waals surface area contributed by atoms with Crippen LogP contribution in [0.15, 0.2) is 36.4 Å². The van der Waals surface area contributed by atoms with E-state index in [2.05, 4.69) is 67.8 Å². The van der Waals surface area contributed by atoms with Crippen LogP contribution in [-0.4, -0.2) is 14.1 Å². The summed E-state index contributed by atoms with van der Waals surface area (Å²) >= 11 is 0. The van der Waals surface area contributed by atoms with Crippen molar-refractivity contribution in [2.75, 3.05) is 19.4 Å². The minimum atomic E-state index is 0.236. The molecule has 0 aliphatic heterocycles. The van der Waals surface area contributed by atoms with E-state index >= 15 is 0 Å². The highest BCUT2D eigenvalue weighted by Gasteiger charge is 2.15. The van der Waals surface area contributed by atoms with Gasteiger partial charge in [0.25, 0.3) is 0 Å². The van der Waals surface area contributed by atoms with E-state index in [1.54, 1.807) is 0 Å². The van der Waals surface area contributed by atoms with Crippen LogP contribution in [0.3, 0.4) is 0 Å². The maximum atomic E-state index is 3.44. The van der Waals surface area contributed by atoms with Crippen molar-refractivity contribution >= 4 is 5.69 Å². The molecule has 0 radical (unpaired) electrons. The third kappa shape index (κ3) is 2.70. The summed E-state index contributed by atoms with van der Waals surface area (Å²) in [6.45, 7) is 6.58. The SMILES string of the molecule is CNc1ccc(C(NC)c2ccc(C)c(C)c2C)cc1. The Morgan fingerprint density at radius 2 is 1.45 bits per heavy atom. The van der Waals surface area contributed by atoms with Crippen LogP contribution in [0.5, 0.6) is 0 Å². The van der Waals surface area contributed by atoms with Crippen molar-refractivity contribution in [1.29, 1.82) is 0 Å². The fraction of sp³-hybridized carbons (Fsp3) is 0.333. The maximum Gasteiger partial charge on any atom is 0.0577 e. The van der Waals surface area contributed by atoms with Crippen molar-refractivity contribution in [2.24, 2.45) is 0 Å². The van der Waals surface area contributed by atoms with Crippen molar-refractivity contribution in [3.8, 4) is 0 Å². The van der Waals surface area contributed by atoms with E-state index in [4.69, 9.17) is 0 Å². The van der Waals surface area contributed by atoms with Crippen molar-refractivity contribution < 1.29 is 0 Å². The van der Waals surface area contributed by atoms with Gasteiger partial charge in [-0.3, -0.25) is 0 Å². The summed E-state index contributed by atoms with van der Waals surface area (Å²) in [5.41, 5.74) is 7.90. The van der Waals surface area contributed by atoms with Crippen LogP contribution in [-0.2, 0) is 0 Å². The van der Waals surface area contributed by atoms with Crippen LogP contribution in [0.25, 0.3) is 0 Å². The van der Waals surface area contributed by atoms with Gasteiger partial charge in [0.05, 0.1) is 6.04 Å². The first-order valence-electron chi connectivity index (χ1n) is 7.10. The molecule has 0 saturated carbocycles. The molecule has 0 spiro atoms. The predicted octanol–water partition coefficient (Wildman–Crippen LogP) is 3.96. The molecule has 0 aliphatic carbocycles. The van der Waals surface area contributed by atoms with Crippen LogP contribution in [0.4, 0.5) is 5.69 Å². The van der Waals surface area contributed by atoms with Crippen molar-refractivity contribution in [3.63, 3.8) is 0 Å². The highest BCUT2D eigenvalue weighted by atomic mass is 14.9. The number of anilines is 1. The minimum absolute atomic E-state index is 0.236. The smallest absolute Gasteiger partial charge is 0.0577 e. The zero-order chi connectivity index (χ0) is 14.7. The molecule has 1 atom stereocenters. The van der Waals surface area contributed by atoms with Gasteiger partial charge in [0.15, 0.2) is 0 Å². The Morgan fingerprint density at radius 1 is 0.800 bits per heavy atom. The quantitative estimate of drug-likeness (QED) is 0.877. The van der Waals surface area contributed by atoms with Gasteiger partial charge in [-0.05, 0) is 67.8 Å². The number of hydrogen-bond donors (Lipinski definition) is 2. The molecule has 2 aromatic rings. The summed E-state index contributed by atoms with van der Waals surface area (Å²) in [4.78, 5) is 0. The highest BCUT2D eigenvalue weighted by molar-refractivity contribution is 5.48. The van der Waals surface area contributed by atoms with Gasteiger partial charge in [-0.2, -0.15) is 0 Å². The Labute approximate surface area is 122 Å². The van der Waals surface area contributed by atoms with E-state index in [1.807, 2.05) is 14.1 Å². The van der Waals surface area contributed by atoms with E-state index in [1.165, 1.54) is 27.8 Å². The maximum absolute atomic E-state index is 3.44. The zero-order valence-corrected chi connectivity index (χ0v) is 13.0. The van der Waals surface area contributed by atoms with E-state index in [0.717, 1.165) is 5.69 Å². The molecule has 106 valence electrons. The Kier molecular flexibility index (Phi) is 4.46. The van der Waals surface area contributed by atoms with E-state index < -0.39 is 0 Å². The normalized spacial score (nSPS) is 12.2. The lowest BCUT2D eigenvalue weighted by molar-refractivity contribution is 0.686. The first-order valence-corrected chi connectivity index (χ1v) is 7.10. The molecule has 1 unspecified atom stereocenters. The second kappa shape index (κ2) is 6.10. The highest BCUT2D eigenvalue weighted by Crippen LogP contribution is 2.28. The molecule has 0 heterocycles. The number of rotatable bonds is 4. The van der Waals surface area contributed by atoms with Gasteiger partial charge in [0.1, 0.15) is 0 Å². The molecule has 0 bridgehead atoms. The summed E-state index contributed by atoms with van der Waals surface area (Å²) in [6, 6.07) is 13.3. The van der Waals surface area contributed by atoms with Crippen LogP contribution in [0.1, 0.15) is 33.9 Å². The van der Waals surface area contributed by atoms with Gasteiger partial charge < -0.3 is 10.6 Å².